The van der Waals surface area contributed by atoms with Crippen molar-refractivity contribution in [1.82, 2.24) is 5.32 Å². The minimum Gasteiger partial charge on any atom is -0.426 e. The summed E-state index contributed by atoms with van der Waals surface area (Å²) in [4.78, 5) is 23.7. The van der Waals surface area contributed by atoms with Crippen LogP contribution in [0.25, 0.3) is 0 Å². The van der Waals surface area contributed by atoms with Crippen molar-refractivity contribution in [3.05, 3.63) is 56.1 Å². The molecule has 29 heavy (non-hydrogen) atoms. The lowest BCUT2D eigenvalue weighted by Crippen LogP contribution is -2.35. The van der Waals surface area contributed by atoms with Crippen LogP contribution >= 0.6 is 34.2 Å². The van der Waals surface area contributed by atoms with Crippen LogP contribution in [0.5, 0.6) is 5.75 Å². The average molecular weight is 553 g/mol. The van der Waals surface area contributed by atoms with Gasteiger partial charge in [0.05, 0.1) is 8.59 Å². The van der Waals surface area contributed by atoms with E-state index in [1.165, 1.54) is 22.6 Å². The van der Waals surface area contributed by atoms with Crippen LogP contribution in [0.4, 0.5) is 36.8 Å². The van der Waals surface area contributed by atoms with Crippen LogP contribution in [0.3, 0.4) is 0 Å². The molecule has 0 atom stereocenters. The summed E-state index contributed by atoms with van der Waals surface area (Å²) in [6.07, 6.45) is -8.91. The lowest BCUT2D eigenvalue weighted by molar-refractivity contribution is -0.253. The largest absolute Gasteiger partial charge is 0.461 e. The normalized spacial score (nSPS) is 11.3. The maximum absolute atomic E-state index is 13.5. The molecule has 13 heteroatoms. The van der Waals surface area contributed by atoms with E-state index in [9.17, 15) is 35.9 Å². The molecule has 0 heterocycles. The Bertz CT molecular complexity index is 917. The van der Waals surface area contributed by atoms with Gasteiger partial charge in [0.15, 0.2) is 5.75 Å². The monoisotopic (exact) mass is 552 g/mol. The second-order valence-corrected chi connectivity index (χ2v) is 6.81. The summed E-state index contributed by atoms with van der Waals surface area (Å²) in [6.45, 7) is 0. The Kier molecular flexibility index (Phi) is 7.21. The Morgan fingerprint density at radius 2 is 1.72 bits per heavy atom. The van der Waals surface area contributed by atoms with Crippen LogP contribution in [0.1, 0.15) is 10.4 Å². The van der Waals surface area contributed by atoms with E-state index in [0.29, 0.717) is 0 Å². The third kappa shape index (κ3) is 5.65. The molecule has 0 radical (unpaired) electrons. The van der Waals surface area contributed by atoms with E-state index in [2.05, 4.69) is 10.1 Å². The summed E-state index contributed by atoms with van der Waals surface area (Å²) < 4.78 is 81.5. The van der Waals surface area contributed by atoms with Crippen LogP contribution in [0.15, 0.2) is 30.3 Å². The first-order valence-corrected chi connectivity index (χ1v) is 8.78. The van der Waals surface area contributed by atoms with Crippen LogP contribution in [0.2, 0.25) is 5.02 Å². The number of hydrogen-bond donors (Lipinski definition) is 2. The number of imide groups is 1. The smallest absolute Gasteiger partial charge is 0.426 e. The number of ether oxygens (including phenoxy) is 1. The minimum absolute atomic E-state index is 0.147. The van der Waals surface area contributed by atoms with Crippen LogP contribution < -0.4 is 15.4 Å². The Labute approximate surface area is 177 Å². The van der Waals surface area contributed by atoms with E-state index >= 15 is 0 Å². The highest BCUT2D eigenvalue weighted by Crippen LogP contribution is 2.38. The molecule has 0 unspecified atom stereocenters. The topological polar surface area (TPSA) is 67.4 Å². The molecule has 156 valence electrons. The molecule has 0 aliphatic carbocycles. The molecule has 3 amide bonds. The van der Waals surface area contributed by atoms with Crippen molar-refractivity contribution in [2.45, 2.75) is 12.5 Å². The van der Waals surface area contributed by atoms with E-state index in [1.54, 1.807) is 5.32 Å². The van der Waals surface area contributed by atoms with Crippen molar-refractivity contribution in [2.75, 3.05) is 5.32 Å². The number of alkyl halides is 4. The number of carbonyl (C=O) groups excluding carboxylic acids is 2. The summed E-state index contributed by atoms with van der Waals surface area (Å²) in [7, 11) is 0. The van der Waals surface area contributed by atoms with Gasteiger partial charge in [-0.1, -0.05) is 17.7 Å². The summed E-state index contributed by atoms with van der Waals surface area (Å²) in [6, 6.07) is 3.33. The fourth-order valence-electron chi connectivity index (χ4n) is 1.95. The highest BCUT2D eigenvalue weighted by atomic mass is 127. The van der Waals surface area contributed by atoms with Crippen molar-refractivity contribution in [2.24, 2.45) is 0 Å². The van der Waals surface area contributed by atoms with Crippen molar-refractivity contribution in [1.29, 1.82) is 0 Å². The van der Waals surface area contributed by atoms with E-state index in [-0.39, 0.29) is 9.26 Å². The predicted octanol–water partition coefficient (Wildman–Crippen LogP) is 5.42. The average Bonchev–Trinajstić information content (AvgIpc) is 2.57. The summed E-state index contributed by atoms with van der Waals surface area (Å²) in [5, 5.41) is 3.21. The van der Waals surface area contributed by atoms with Gasteiger partial charge in [-0.2, -0.15) is 17.6 Å². The van der Waals surface area contributed by atoms with Crippen LogP contribution in [0, 0.1) is 15.2 Å². The van der Waals surface area contributed by atoms with Crippen molar-refractivity contribution < 1.29 is 40.7 Å². The SMILES string of the molecule is O=C(NC(=O)c1c(F)cccc1F)Nc1cc(Cl)c(OC(F)(F)C(F)F)c(I)c1. The fourth-order valence-corrected chi connectivity index (χ4v) is 3.11. The van der Waals surface area contributed by atoms with Gasteiger partial charge >= 0.3 is 18.6 Å². The van der Waals surface area contributed by atoms with Crippen LogP contribution in [-0.2, 0) is 0 Å². The molecule has 0 fully saturated rings. The van der Waals surface area contributed by atoms with Crippen molar-refractivity contribution in [3.8, 4) is 5.75 Å². The molecule has 0 aromatic heterocycles. The number of benzene rings is 2. The fraction of sp³-hybridized carbons (Fsp3) is 0.125. The summed E-state index contributed by atoms with van der Waals surface area (Å²) >= 11 is 7.17. The molecule has 0 aliphatic rings. The second-order valence-electron chi connectivity index (χ2n) is 5.24. The van der Waals surface area contributed by atoms with Crippen molar-refractivity contribution >= 4 is 51.8 Å². The number of urea groups is 1. The standard InChI is InChI=1S/C16H8ClF6IN2O3/c17-7-4-6(5-10(24)12(7)29-16(22,23)14(20)21)25-15(28)26-13(27)11-8(18)2-1-3-9(11)19/h1-5,14H,(H2,25,26,27,28). The number of rotatable bonds is 5. The Hall–Kier alpha value is -2.22. The molecule has 0 aliphatic heterocycles. The molecule has 2 aromatic carbocycles. The van der Waals surface area contributed by atoms with Gasteiger partial charge in [0.1, 0.15) is 17.2 Å². The number of nitrogens with one attached hydrogen (secondary N) is 2. The zero-order chi connectivity index (χ0) is 21.9. The van der Waals surface area contributed by atoms with Crippen LogP contribution in [-0.4, -0.2) is 24.5 Å². The van der Waals surface area contributed by atoms with Gasteiger partial charge in [-0.3, -0.25) is 10.1 Å². The van der Waals surface area contributed by atoms with E-state index in [0.717, 1.165) is 30.3 Å². The predicted molar refractivity (Wildman–Crippen MR) is 98.6 cm³/mol. The first kappa shape index (κ1) is 23.1. The zero-order valence-corrected chi connectivity index (χ0v) is 16.6. The summed E-state index contributed by atoms with van der Waals surface area (Å²) in [5.41, 5.74) is -1.14. The summed E-state index contributed by atoms with van der Waals surface area (Å²) in [5.74, 6) is -4.54. The first-order valence-electron chi connectivity index (χ1n) is 7.32. The quantitative estimate of drug-likeness (QED) is 0.385. The Balaban J connectivity index is 2.14. The zero-order valence-electron chi connectivity index (χ0n) is 13.7. The lowest BCUT2D eigenvalue weighted by Gasteiger charge is -2.19. The third-order valence-electron chi connectivity index (χ3n) is 3.17. The second kappa shape index (κ2) is 9.07. The number of amides is 3. The molecule has 0 saturated heterocycles. The highest BCUT2D eigenvalue weighted by Gasteiger charge is 2.44. The first-order chi connectivity index (χ1) is 13.4. The molecule has 5 nitrogen and oxygen atoms in total. The van der Waals surface area contributed by atoms with E-state index < -0.39 is 52.4 Å². The Morgan fingerprint density at radius 3 is 2.24 bits per heavy atom. The maximum Gasteiger partial charge on any atom is 0.461 e. The number of hydrogen-bond acceptors (Lipinski definition) is 3. The maximum atomic E-state index is 13.5. The van der Waals surface area contributed by atoms with Gasteiger partial charge in [0.2, 0.25) is 0 Å². The number of halogens is 8. The number of carbonyl (C=O) groups is 2. The minimum atomic E-state index is -4.80. The van der Waals surface area contributed by atoms with Gasteiger partial charge in [0.25, 0.3) is 5.91 Å². The molecule has 0 saturated carbocycles. The lowest BCUT2D eigenvalue weighted by atomic mass is 10.2. The molecule has 2 rings (SSSR count). The molecular weight excluding hydrogens is 545 g/mol. The van der Waals surface area contributed by atoms with Gasteiger partial charge in [0, 0.05) is 5.69 Å². The Morgan fingerprint density at radius 1 is 1.14 bits per heavy atom. The van der Waals surface area contributed by atoms with Gasteiger partial charge in [-0.15, -0.1) is 0 Å². The van der Waals surface area contributed by atoms with Crippen molar-refractivity contribution in [3.63, 3.8) is 0 Å². The third-order valence-corrected chi connectivity index (χ3v) is 4.25. The van der Waals surface area contributed by atoms with E-state index in [4.69, 9.17) is 11.6 Å². The van der Waals surface area contributed by atoms with Gasteiger partial charge < -0.3 is 10.1 Å². The molecule has 2 aromatic rings. The van der Waals surface area contributed by atoms with E-state index in [1.807, 2.05) is 0 Å². The highest BCUT2D eigenvalue weighted by molar-refractivity contribution is 14.1. The molecular formula is C16H8ClF6IN2O3. The number of anilines is 1. The van der Waals surface area contributed by atoms with Gasteiger partial charge in [-0.25, -0.2) is 13.6 Å². The molecule has 0 spiro atoms. The molecule has 2 N–H and O–H groups in total. The van der Waals surface area contributed by atoms with Gasteiger partial charge in [-0.05, 0) is 46.9 Å². The molecule has 0 bridgehead atoms.